The molecular weight excluding hydrogens is 448 g/mol. The first kappa shape index (κ1) is 24.7. The van der Waals surface area contributed by atoms with Gasteiger partial charge in [-0.2, -0.15) is 0 Å². The Morgan fingerprint density at radius 3 is 2.60 bits per heavy atom. The molecule has 1 aliphatic rings. The first-order chi connectivity index (χ1) is 17.0. The summed E-state index contributed by atoms with van der Waals surface area (Å²) in [4.78, 5) is 31.7. The Hall–Kier alpha value is -3.40. The maximum atomic E-state index is 12.4. The molecule has 0 unspecified atom stereocenters. The number of carboxylic acids is 1. The summed E-state index contributed by atoms with van der Waals surface area (Å²) in [5, 5.41) is 13.8. The zero-order chi connectivity index (χ0) is 24.6. The van der Waals surface area contributed by atoms with Crippen molar-refractivity contribution in [2.45, 2.75) is 12.6 Å². The summed E-state index contributed by atoms with van der Waals surface area (Å²) in [6.07, 6.45) is 1.78. The number of methoxy groups -OCH3 is 1. The van der Waals surface area contributed by atoms with E-state index in [1.807, 2.05) is 58.3 Å². The molecule has 1 aliphatic heterocycles. The van der Waals surface area contributed by atoms with Crippen molar-refractivity contribution in [3.63, 3.8) is 0 Å². The van der Waals surface area contributed by atoms with Crippen molar-refractivity contribution in [1.29, 1.82) is 0 Å². The molecule has 1 fully saturated rings. The number of aromatic nitrogens is 1. The lowest BCUT2D eigenvalue weighted by Gasteiger charge is -2.37. The van der Waals surface area contributed by atoms with E-state index in [4.69, 9.17) is 9.47 Å². The van der Waals surface area contributed by atoms with E-state index in [2.05, 4.69) is 10.3 Å². The van der Waals surface area contributed by atoms with Crippen molar-refractivity contribution >= 4 is 22.8 Å². The van der Waals surface area contributed by atoms with Gasteiger partial charge in [0.2, 0.25) is 5.91 Å². The normalized spacial score (nSPS) is 15.7. The third-order valence-corrected chi connectivity index (χ3v) is 6.23. The first-order valence-electron chi connectivity index (χ1n) is 11.8. The third kappa shape index (κ3) is 6.39. The minimum absolute atomic E-state index is 0.0510. The van der Waals surface area contributed by atoms with Crippen molar-refractivity contribution in [2.75, 3.05) is 53.0 Å². The van der Waals surface area contributed by atoms with Crippen LogP contribution in [0.25, 0.3) is 10.9 Å². The monoisotopic (exact) mass is 480 g/mol. The molecule has 3 aromatic rings. The molecule has 3 N–H and O–H groups in total. The predicted octanol–water partition coefficient (Wildman–Crippen LogP) is 2.25. The fourth-order valence-electron chi connectivity index (χ4n) is 4.40. The number of carbonyl (C=O) groups is 2. The van der Waals surface area contributed by atoms with Crippen LogP contribution in [-0.4, -0.2) is 84.8 Å². The molecule has 0 saturated carbocycles. The van der Waals surface area contributed by atoms with Crippen LogP contribution in [0.3, 0.4) is 0 Å². The quantitative estimate of drug-likeness (QED) is 0.362. The number of piperazine rings is 1. The van der Waals surface area contributed by atoms with Gasteiger partial charge in [0.15, 0.2) is 0 Å². The van der Waals surface area contributed by atoms with Gasteiger partial charge in [0.1, 0.15) is 18.4 Å². The van der Waals surface area contributed by atoms with Crippen molar-refractivity contribution in [3.8, 4) is 5.75 Å². The minimum atomic E-state index is -0.896. The standard InChI is InChI=1S/C26H32N4O5/c1-34-14-9-27-24(31)17-29-10-12-30(13-11-29)25(26(32)33)22-16-28-23-8-7-20(15-21(22)23)35-18-19-5-3-2-4-6-19/h2-8,15-16,25,28H,9-14,17-18H2,1H3,(H,27,31)(H,32,33)/t25-/m0/s1. The highest BCUT2D eigenvalue weighted by molar-refractivity contribution is 5.90. The summed E-state index contributed by atoms with van der Waals surface area (Å²) in [5.41, 5.74) is 2.64. The van der Waals surface area contributed by atoms with Crippen LogP contribution in [0.1, 0.15) is 17.2 Å². The molecule has 0 aliphatic carbocycles. The van der Waals surface area contributed by atoms with Gasteiger partial charge in [-0.1, -0.05) is 30.3 Å². The number of aromatic amines is 1. The van der Waals surface area contributed by atoms with Crippen molar-refractivity contribution in [1.82, 2.24) is 20.1 Å². The molecule has 4 rings (SSSR count). The maximum Gasteiger partial charge on any atom is 0.325 e. The molecule has 9 heteroatoms. The van der Waals surface area contributed by atoms with E-state index in [1.54, 1.807) is 13.3 Å². The molecule has 186 valence electrons. The number of hydrogen-bond acceptors (Lipinski definition) is 6. The molecule has 35 heavy (non-hydrogen) atoms. The zero-order valence-electron chi connectivity index (χ0n) is 19.9. The van der Waals surface area contributed by atoms with Gasteiger partial charge in [-0.3, -0.25) is 19.4 Å². The average Bonchev–Trinajstić information content (AvgIpc) is 3.27. The Morgan fingerprint density at radius 2 is 1.89 bits per heavy atom. The number of nitrogens with one attached hydrogen (secondary N) is 2. The van der Waals surface area contributed by atoms with E-state index in [1.165, 1.54) is 0 Å². The van der Waals surface area contributed by atoms with E-state index in [-0.39, 0.29) is 5.91 Å². The van der Waals surface area contributed by atoms with Crippen LogP contribution >= 0.6 is 0 Å². The summed E-state index contributed by atoms with van der Waals surface area (Å²) < 4.78 is 10.9. The molecule has 1 aromatic heterocycles. The lowest BCUT2D eigenvalue weighted by atomic mass is 10.0. The Labute approximate surface area is 204 Å². The van der Waals surface area contributed by atoms with Crippen LogP contribution in [-0.2, 0) is 20.9 Å². The minimum Gasteiger partial charge on any atom is -0.489 e. The van der Waals surface area contributed by atoms with Gasteiger partial charge in [0, 0.05) is 62.5 Å². The number of aliphatic carboxylic acids is 1. The molecular formula is C26H32N4O5. The largest absolute Gasteiger partial charge is 0.489 e. The number of fused-ring (bicyclic) bond motifs is 1. The number of amides is 1. The summed E-state index contributed by atoms with van der Waals surface area (Å²) in [5.74, 6) is -0.257. The van der Waals surface area contributed by atoms with Gasteiger partial charge >= 0.3 is 5.97 Å². The van der Waals surface area contributed by atoms with E-state index in [0.717, 1.165) is 16.5 Å². The van der Waals surface area contributed by atoms with Gasteiger partial charge in [0.05, 0.1) is 13.2 Å². The third-order valence-electron chi connectivity index (χ3n) is 6.23. The lowest BCUT2D eigenvalue weighted by molar-refractivity contribution is -0.144. The number of rotatable bonds is 11. The number of carbonyl (C=O) groups excluding carboxylic acids is 1. The van der Waals surface area contributed by atoms with E-state index < -0.39 is 12.0 Å². The molecule has 0 radical (unpaired) electrons. The van der Waals surface area contributed by atoms with Crippen molar-refractivity contribution < 1.29 is 24.2 Å². The number of carboxylic acid groups (broad SMARTS) is 1. The Bertz CT molecular complexity index is 1130. The summed E-state index contributed by atoms with van der Waals surface area (Å²) in [6, 6.07) is 14.8. The van der Waals surface area contributed by atoms with E-state index in [9.17, 15) is 14.7 Å². The molecule has 0 bridgehead atoms. The van der Waals surface area contributed by atoms with Gasteiger partial charge in [-0.25, -0.2) is 0 Å². The van der Waals surface area contributed by atoms with Crippen LogP contribution in [0.2, 0.25) is 0 Å². The van der Waals surface area contributed by atoms with E-state index in [0.29, 0.717) is 63.8 Å². The highest BCUT2D eigenvalue weighted by atomic mass is 16.5. The molecule has 9 nitrogen and oxygen atoms in total. The van der Waals surface area contributed by atoms with Gasteiger partial charge < -0.3 is 24.9 Å². The first-order valence-corrected chi connectivity index (χ1v) is 11.8. The number of H-pyrrole nitrogens is 1. The maximum absolute atomic E-state index is 12.4. The van der Waals surface area contributed by atoms with E-state index >= 15 is 0 Å². The number of hydrogen-bond donors (Lipinski definition) is 3. The molecule has 2 heterocycles. The zero-order valence-corrected chi connectivity index (χ0v) is 19.9. The van der Waals surface area contributed by atoms with Crippen LogP contribution in [0.4, 0.5) is 0 Å². The molecule has 0 spiro atoms. The fraction of sp³-hybridized carbons (Fsp3) is 0.385. The molecule has 2 aromatic carbocycles. The predicted molar refractivity (Wildman–Crippen MR) is 132 cm³/mol. The Balaban J connectivity index is 1.42. The van der Waals surface area contributed by atoms with Crippen LogP contribution < -0.4 is 10.1 Å². The molecule has 1 atom stereocenters. The second-order valence-corrected chi connectivity index (χ2v) is 8.62. The number of ether oxygens (including phenoxy) is 2. The SMILES string of the molecule is COCCNC(=O)CN1CCN([C@H](C(=O)O)c2c[nH]c3ccc(OCc4ccccc4)cc23)CC1. The number of benzene rings is 2. The summed E-state index contributed by atoms with van der Waals surface area (Å²) in [7, 11) is 1.59. The topological polar surface area (TPSA) is 107 Å². The average molecular weight is 481 g/mol. The van der Waals surface area contributed by atoms with Gasteiger partial charge in [-0.05, 0) is 23.8 Å². The van der Waals surface area contributed by atoms with Gasteiger partial charge in [-0.15, -0.1) is 0 Å². The second-order valence-electron chi connectivity index (χ2n) is 8.62. The van der Waals surface area contributed by atoms with Crippen LogP contribution in [0.15, 0.2) is 54.7 Å². The number of nitrogens with zero attached hydrogens (tertiary/aromatic N) is 2. The van der Waals surface area contributed by atoms with Gasteiger partial charge in [0.25, 0.3) is 0 Å². The summed E-state index contributed by atoms with van der Waals surface area (Å²) in [6.45, 7) is 4.04. The highest BCUT2D eigenvalue weighted by Crippen LogP contribution is 2.32. The Morgan fingerprint density at radius 1 is 1.11 bits per heavy atom. The fourth-order valence-corrected chi connectivity index (χ4v) is 4.40. The lowest BCUT2D eigenvalue weighted by Crippen LogP contribution is -2.51. The summed E-state index contributed by atoms with van der Waals surface area (Å²) >= 11 is 0. The molecule has 1 amide bonds. The molecule has 1 saturated heterocycles. The van der Waals surface area contributed by atoms with Crippen molar-refractivity contribution in [3.05, 3.63) is 65.9 Å². The second kappa shape index (κ2) is 11.8. The van der Waals surface area contributed by atoms with Crippen LogP contribution in [0.5, 0.6) is 5.75 Å². The highest BCUT2D eigenvalue weighted by Gasteiger charge is 2.32. The Kier molecular flexibility index (Phi) is 8.36. The van der Waals surface area contributed by atoms with Crippen molar-refractivity contribution in [2.24, 2.45) is 0 Å². The van der Waals surface area contributed by atoms with Crippen LogP contribution in [0, 0.1) is 0 Å². The smallest absolute Gasteiger partial charge is 0.325 e.